The standard InChI is InChI=1S/C14H19N5O2/c1-3-14(7-4-8-15-9-14)13-16-12(19-21-13)10-5-6-11(20-2)18-17-10/h5-6,15H,3-4,7-9H2,1-2H3. The van der Waals surface area contributed by atoms with Crippen LogP contribution in [0.4, 0.5) is 0 Å². The van der Waals surface area contributed by atoms with Gasteiger partial charge in [0.1, 0.15) is 5.69 Å². The average Bonchev–Trinajstić information content (AvgIpc) is 3.06. The Kier molecular flexibility index (Phi) is 3.83. The van der Waals surface area contributed by atoms with Crippen LogP contribution in [-0.4, -0.2) is 40.5 Å². The van der Waals surface area contributed by atoms with E-state index in [1.165, 1.54) is 0 Å². The van der Waals surface area contributed by atoms with Gasteiger partial charge in [-0.3, -0.25) is 0 Å². The molecule has 1 aliphatic rings. The topological polar surface area (TPSA) is 86.0 Å². The van der Waals surface area contributed by atoms with Crippen LogP contribution in [0.25, 0.3) is 11.5 Å². The third-order valence-electron chi connectivity index (χ3n) is 4.11. The van der Waals surface area contributed by atoms with Crippen LogP contribution in [0.15, 0.2) is 16.7 Å². The van der Waals surface area contributed by atoms with Crippen molar-refractivity contribution >= 4 is 0 Å². The number of methoxy groups -OCH3 is 1. The van der Waals surface area contributed by atoms with Crippen LogP contribution < -0.4 is 10.1 Å². The molecule has 3 rings (SSSR count). The maximum Gasteiger partial charge on any atom is 0.234 e. The minimum Gasteiger partial charge on any atom is -0.480 e. The maximum absolute atomic E-state index is 5.51. The van der Waals surface area contributed by atoms with Crippen molar-refractivity contribution in [3.63, 3.8) is 0 Å². The molecular formula is C14H19N5O2. The van der Waals surface area contributed by atoms with Crippen molar-refractivity contribution in [3.05, 3.63) is 18.0 Å². The fraction of sp³-hybridized carbons (Fsp3) is 0.571. The third kappa shape index (κ3) is 2.61. The van der Waals surface area contributed by atoms with Gasteiger partial charge in [0, 0.05) is 12.6 Å². The Morgan fingerprint density at radius 2 is 2.29 bits per heavy atom. The van der Waals surface area contributed by atoms with Crippen molar-refractivity contribution in [1.82, 2.24) is 25.7 Å². The molecule has 7 heteroatoms. The van der Waals surface area contributed by atoms with E-state index in [1.54, 1.807) is 19.2 Å². The average molecular weight is 289 g/mol. The van der Waals surface area contributed by atoms with Gasteiger partial charge in [0.2, 0.25) is 17.6 Å². The summed E-state index contributed by atoms with van der Waals surface area (Å²) in [6.45, 7) is 4.08. The molecule has 1 atom stereocenters. The molecule has 2 aromatic heterocycles. The van der Waals surface area contributed by atoms with Gasteiger partial charge in [0.05, 0.1) is 12.5 Å². The molecule has 112 valence electrons. The highest BCUT2D eigenvalue weighted by Gasteiger charge is 2.37. The summed E-state index contributed by atoms with van der Waals surface area (Å²) in [7, 11) is 1.55. The highest BCUT2D eigenvalue weighted by Crippen LogP contribution is 2.34. The molecule has 0 amide bonds. The Labute approximate surface area is 123 Å². The molecule has 0 aliphatic carbocycles. The van der Waals surface area contributed by atoms with Gasteiger partial charge in [-0.05, 0) is 31.9 Å². The van der Waals surface area contributed by atoms with E-state index < -0.39 is 0 Å². The SMILES string of the molecule is CCC1(c2nc(-c3ccc(OC)nn3)no2)CCCNC1. The normalized spacial score (nSPS) is 22.2. The highest BCUT2D eigenvalue weighted by atomic mass is 16.5. The quantitative estimate of drug-likeness (QED) is 0.914. The first kappa shape index (κ1) is 13.9. The van der Waals surface area contributed by atoms with Crippen LogP contribution in [0.2, 0.25) is 0 Å². The largest absolute Gasteiger partial charge is 0.480 e. The van der Waals surface area contributed by atoms with E-state index in [2.05, 4.69) is 32.6 Å². The number of hydrogen-bond acceptors (Lipinski definition) is 7. The summed E-state index contributed by atoms with van der Waals surface area (Å²) in [6, 6.07) is 3.51. The van der Waals surface area contributed by atoms with Gasteiger partial charge in [-0.1, -0.05) is 12.1 Å². The Morgan fingerprint density at radius 3 is 2.90 bits per heavy atom. The van der Waals surface area contributed by atoms with Gasteiger partial charge in [-0.15, -0.1) is 10.2 Å². The second-order valence-electron chi connectivity index (χ2n) is 5.30. The molecule has 0 radical (unpaired) electrons. The molecule has 21 heavy (non-hydrogen) atoms. The monoisotopic (exact) mass is 289 g/mol. The van der Waals surface area contributed by atoms with E-state index in [-0.39, 0.29) is 5.41 Å². The number of rotatable bonds is 4. The number of hydrogen-bond donors (Lipinski definition) is 1. The highest BCUT2D eigenvalue weighted by molar-refractivity contribution is 5.47. The minimum absolute atomic E-state index is 0.0661. The first-order valence-corrected chi connectivity index (χ1v) is 7.20. The molecular weight excluding hydrogens is 270 g/mol. The lowest BCUT2D eigenvalue weighted by molar-refractivity contribution is 0.221. The summed E-state index contributed by atoms with van der Waals surface area (Å²) in [5, 5.41) is 15.4. The van der Waals surface area contributed by atoms with Crippen molar-refractivity contribution < 1.29 is 9.26 Å². The predicted molar refractivity (Wildman–Crippen MR) is 75.9 cm³/mol. The Balaban J connectivity index is 1.87. The molecule has 1 aliphatic heterocycles. The molecule has 1 saturated heterocycles. The summed E-state index contributed by atoms with van der Waals surface area (Å²) < 4.78 is 10.5. The Morgan fingerprint density at radius 1 is 1.38 bits per heavy atom. The van der Waals surface area contributed by atoms with Crippen LogP contribution in [0.1, 0.15) is 32.1 Å². The molecule has 1 N–H and O–H groups in total. The zero-order valence-corrected chi connectivity index (χ0v) is 12.3. The smallest absolute Gasteiger partial charge is 0.234 e. The second kappa shape index (κ2) is 5.77. The minimum atomic E-state index is -0.0661. The van der Waals surface area contributed by atoms with Gasteiger partial charge in [0.15, 0.2) is 0 Å². The molecule has 3 heterocycles. The summed E-state index contributed by atoms with van der Waals surface area (Å²) in [5.74, 6) is 1.62. The van der Waals surface area contributed by atoms with E-state index in [1.807, 2.05) is 0 Å². The summed E-state index contributed by atoms with van der Waals surface area (Å²) in [4.78, 5) is 4.54. The summed E-state index contributed by atoms with van der Waals surface area (Å²) in [6.07, 6.45) is 3.15. The molecule has 2 aromatic rings. The number of nitrogens with zero attached hydrogens (tertiary/aromatic N) is 4. The number of ether oxygens (including phenoxy) is 1. The Hall–Kier alpha value is -2.02. The first-order valence-electron chi connectivity index (χ1n) is 7.20. The van der Waals surface area contributed by atoms with Crippen LogP contribution in [0, 0.1) is 0 Å². The number of piperidine rings is 1. The summed E-state index contributed by atoms with van der Waals surface area (Å²) >= 11 is 0. The van der Waals surface area contributed by atoms with Gasteiger partial charge in [-0.25, -0.2) is 0 Å². The first-order chi connectivity index (χ1) is 10.3. The zero-order valence-electron chi connectivity index (χ0n) is 12.3. The molecule has 1 unspecified atom stereocenters. The van der Waals surface area contributed by atoms with Crippen LogP contribution in [-0.2, 0) is 5.41 Å². The maximum atomic E-state index is 5.51. The van der Waals surface area contributed by atoms with Crippen LogP contribution >= 0.6 is 0 Å². The van der Waals surface area contributed by atoms with E-state index in [0.717, 1.165) is 32.4 Å². The van der Waals surface area contributed by atoms with Gasteiger partial charge in [-0.2, -0.15) is 4.98 Å². The van der Waals surface area contributed by atoms with Crippen molar-refractivity contribution in [2.24, 2.45) is 0 Å². The molecule has 0 bridgehead atoms. The lowest BCUT2D eigenvalue weighted by Crippen LogP contribution is -2.43. The molecule has 0 aromatic carbocycles. The Bertz CT molecular complexity index is 590. The lowest BCUT2D eigenvalue weighted by atomic mass is 9.78. The van der Waals surface area contributed by atoms with E-state index in [0.29, 0.717) is 23.3 Å². The molecule has 0 saturated carbocycles. The zero-order chi connectivity index (χ0) is 14.7. The van der Waals surface area contributed by atoms with E-state index in [9.17, 15) is 0 Å². The van der Waals surface area contributed by atoms with Crippen molar-refractivity contribution in [1.29, 1.82) is 0 Å². The van der Waals surface area contributed by atoms with Crippen LogP contribution in [0.5, 0.6) is 5.88 Å². The number of aromatic nitrogens is 4. The van der Waals surface area contributed by atoms with E-state index >= 15 is 0 Å². The van der Waals surface area contributed by atoms with Gasteiger partial charge in [0.25, 0.3) is 0 Å². The fourth-order valence-corrected chi connectivity index (χ4v) is 2.69. The van der Waals surface area contributed by atoms with Crippen LogP contribution in [0.3, 0.4) is 0 Å². The van der Waals surface area contributed by atoms with Crippen molar-refractivity contribution in [2.45, 2.75) is 31.6 Å². The molecule has 1 fully saturated rings. The van der Waals surface area contributed by atoms with Crippen molar-refractivity contribution in [2.75, 3.05) is 20.2 Å². The number of nitrogens with one attached hydrogen (secondary N) is 1. The molecule has 0 spiro atoms. The lowest BCUT2D eigenvalue weighted by Gasteiger charge is -2.33. The van der Waals surface area contributed by atoms with Gasteiger partial charge < -0.3 is 14.6 Å². The second-order valence-corrected chi connectivity index (χ2v) is 5.30. The van der Waals surface area contributed by atoms with Crippen molar-refractivity contribution in [3.8, 4) is 17.4 Å². The third-order valence-corrected chi connectivity index (χ3v) is 4.11. The predicted octanol–water partition coefficient (Wildman–Crippen LogP) is 1.57. The molecule has 7 nitrogen and oxygen atoms in total. The van der Waals surface area contributed by atoms with Gasteiger partial charge >= 0.3 is 0 Å². The summed E-state index contributed by atoms with van der Waals surface area (Å²) in [5.41, 5.74) is 0.518. The van der Waals surface area contributed by atoms with E-state index in [4.69, 9.17) is 9.26 Å². The fourth-order valence-electron chi connectivity index (χ4n) is 2.69.